The topological polar surface area (TPSA) is 21.3 Å². The summed E-state index contributed by atoms with van der Waals surface area (Å²) in [5.74, 6) is 2.62. The normalized spacial score (nSPS) is 21.3. The lowest BCUT2D eigenvalue weighted by Crippen LogP contribution is -2.11. The molecule has 0 saturated carbocycles. The molecule has 1 aromatic rings. The van der Waals surface area contributed by atoms with E-state index in [9.17, 15) is 0 Å². The Balaban J connectivity index is 2.25. The molecule has 1 aliphatic rings. The van der Waals surface area contributed by atoms with Gasteiger partial charge in [-0.05, 0) is 24.1 Å². The first-order chi connectivity index (χ1) is 6.40. The van der Waals surface area contributed by atoms with Gasteiger partial charge >= 0.3 is 0 Å². The van der Waals surface area contributed by atoms with Crippen molar-refractivity contribution in [3.8, 4) is 12.3 Å². The molecule has 0 aliphatic carbocycles. The summed E-state index contributed by atoms with van der Waals surface area (Å²) in [4.78, 5) is 5.08. The highest BCUT2D eigenvalue weighted by atomic mass is 16.7. The first-order valence-electron chi connectivity index (χ1n) is 4.34. The van der Waals surface area contributed by atoms with E-state index in [1.165, 1.54) is 5.56 Å². The maximum Gasteiger partial charge on any atom is 0.0701 e. The molecule has 0 radical (unpaired) electrons. The average Bonchev–Trinajstić information content (AvgIpc) is 2.71. The predicted molar refractivity (Wildman–Crippen MR) is 50.8 cm³/mol. The van der Waals surface area contributed by atoms with Crippen molar-refractivity contribution in [2.75, 3.05) is 6.61 Å². The van der Waals surface area contributed by atoms with E-state index in [1.807, 2.05) is 18.2 Å². The van der Waals surface area contributed by atoms with E-state index < -0.39 is 0 Å². The van der Waals surface area contributed by atoms with Crippen molar-refractivity contribution in [1.82, 2.24) is 5.48 Å². The summed E-state index contributed by atoms with van der Waals surface area (Å²) in [7, 11) is 0. The van der Waals surface area contributed by atoms with E-state index >= 15 is 0 Å². The molecular formula is C11H11NO. The van der Waals surface area contributed by atoms with Gasteiger partial charge in [0.05, 0.1) is 12.6 Å². The highest BCUT2D eigenvalue weighted by Crippen LogP contribution is 2.21. The lowest BCUT2D eigenvalue weighted by molar-refractivity contribution is 0.0883. The van der Waals surface area contributed by atoms with Crippen LogP contribution in [0.4, 0.5) is 0 Å². The summed E-state index contributed by atoms with van der Waals surface area (Å²) in [6.45, 7) is 0.769. The van der Waals surface area contributed by atoms with Gasteiger partial charge in [0.15, 0.2) is 0 Å². The average molecular weight is 173 g/mol. The molecule has 13 heavy (non-hydrogen) atoms. The molecule has 1 fully saturated rings. The van der Waals surface area contributed by atoms with E-state index in [2.05, 4.69) is 17.5 Å². The van der Waals surface area contributed by atoms with Gasteiger partial charge < -0.3 is 4.84 Å². The van der Waals surface area contributed by atoms with Gasteiger partial charge in [0.25, 0.3) is 0 Å². The molecule has 1 N–H and O–H groups in total. The summed E-state index contributed by atoms with van der Waals surface area (Å²) in [6.07, 6.45) is 6.32. The van der Waals surface area contributed by atoms with E-state index in [-0.39, 0.29) is 0 Å². The lowest BCUT2D eigenvalue weighted by atomic mass is 10.0. The van der Waals surface area contributed by atoms with Crippen LogP contribution in [0, 0.1) is 12.3 Å². The Bertz CT molecular complexity index is 334. The second-order valence-corrected chi connectivity index (χ2v) is 3.08. The Morgan fingerprint density at radius 3 is 3.15 bits per heavy atom. The third-order valence-electron chi connectivity index (χ3n) is 2.19. The molecule has 1 aliphatic heterocycles. The Kier molecular flexibility index (Phi) is 2.31. The highest BCUT2D eigenvalue weighted by molar-refractivity contribution is 5.36. The minimum Gasteiger partial charge on any atom is -0.301 e. The fourth-order valence-corrected chi connectivity index (χ4v) is 1.48. The summed E-state index contributed by atoms with van der Waals surface area (Å²) >= 11 is 0. The molecule has 0 bridgehead atoms. The van der Waals surface area contributed by atoms with E-state index in [4.69, 9.17) is 11.3 Å². The van der Waals surface area contributed by atoms with Gasteiger partial charge in [0.2, 0.25) is 0 Å². The Hall–Kier alpha value is -1.30. The molecule has 0 unspecified atom stereocenters. The first kappa shape index (κ1) is 8.31. The molecule has 1 heterocycles. The van der Waals surface area contributed by atoms with Crippen LogP contribution in [-0.2, 0) is 4.84 Å². The Morgan fingerprint density at radius 2 is 2.46 bits per heavy atom. The summed E-state index contributed by atoms with van der Waals surface area (Å²) in [5, 5.41) is 0. The maximum atomic E-state index is 5.32. The van der Waals surface area contributed by atoms with Gasteiger partial charge in [-0.1, -0.05) is 18.1 Å². The van der Waals surface area contributed by atoms with Crippen molar-refractivity contribution in [1.29, 1.82) is 0 Å². The maximum absolute atomic E-state index is 5.32. The van der Waals surface area contributed by atoms with Gasteiger partial charge in [-0.25, -0.2) is 0 Å². The zero-order valence-electron chi connectivity index (χ0n) is 7.29. The predicted octanol–water partition coefficient (Wildman–Crippen LogP) is 1.63. The quantitative estimate of drug-likeness (QED) is 0.652. The smallest absolute Gasteiger partial charge is 0.0701 e. The standard InChI is InChI=1S/C11H11NO/c1-2-9-4-3-5-10(8-9)11-6-7-13-12-11/h1,3-5,8,11-12H,6-7H2/t11-/m1/s1. The SMILES string of the molecule is C#Cc1cccc([C@H]2CCON2)c1. The van der Waals surface area contributed by atoms with Crippen LogP contribution >= 0.6 is 0 Å². The van der Waals surface area contributed by atoms with Crippen LogP contribution in [0.2, 0.25) is 0 Å². The minimum atomic E-state index is 0.299. The molecule has 66 valence electrons. The Morgan fingerprint density at radius 1 is 1.54 bits per heavy atom. The third kappa shape index (κ3) is 1.72. The van der Waals surface area contributed by atoms with Crippen molar-refractivity contribution in [3.63, 3.8) is 0 Å². The van der Waals surface area contributed by atoms with Crippen LogP contribution in [-0.4, -0.2) is 6.61 Å². The van der Waals surface area contributed by atoms with Crippen molar-refractivity contribution in [2.24, 2.45) is 0 Å². The van der Waals surface area contributed by atoms with Crippen LogP contribution < -0.4 is 5.48 Å². The number of rotatable bonds is 1. The van der Waals surface area contributed by atoms with Crippen LogP contribution in [0.1, 0.15) is 23.6 Å². The summed E-state index contributed by atoms with van der Waals surface area (Å²) in [5.41, 5.74) is 5.08. The molecule has 2 heteroatoms. The minimum absolute atomic E-state index is 0.299. The van der Waals surface area contributed by atoms with Gasteiger partial charge in [0, 0.05) is 5.56 Å². The van der Waals surface area contributed by atoms with E-state index in [0.29, 0.717) is 6.04 Å². The molecule has 1 atom stereocenters. The van der Waals surface area contributed by atoms with Gasteiger partial charge in [0.1, 0.15) is 0 Å². The number of hydrogen-bond donors (Lipinski definition) is 1. The van der Waals surface area contributed by atoms with Crippen molar-refractivity contribution >= 4 is 0 Å². The van der Waals surface area contributed by atoms with Gasteiger partial charge in [-0.15, -0.1) is 6.42 Å². The van der Waals surface area contributed by atoms with Crippen LogP contribution in [0.3, 0.4) is 0 Å². The number of hydroxylamine groups is 1. The fraction of sp³-hybridized carbons (Fsp3) is 0.273. The number of benzene rings is 1. The van der Waals surface area contributed by atoms with E-state index in [1.54, 1.807) is 0 Å². The molecular weight excluding hydrogens is 162 g/mol. The largest absolute Gasteiger partial charge is 0.301 e. The lowest BCUT2D eigenvalue weighted by Gasteiger charge is -2.08. The molecule has 0 amide bonds. The monoisotopic (exact) mass is 173 g/mol. The van der Waals surface area contributed by atoms with Crippen LogP contribution in [0.15, 0.2) is 24.3 Å². The Labute approximate surface area is 77.9 Å². The van der Waals surface area contributed by atoms with Crippen molar-refractivity contribution in [2.45, 2.75) is 12.5 Å². The van der Waals surface area contributed by atoms with Gasteiger partial charge in [-0.3, -0.25) is 0 Å². The molecule has 2 rings (SSSR count). The fourth-order valence-electron chi connectivity index (χ4n) is 1.48. The second-order valence-electron chi connectivity index (χ2n) is 3.08. The first-order valence-corrected chi connectivity index (χ1v) is 4.34. The molecule has 1 saturated heterocycles. The summed E-state index contributed by atoms with van der Waals surface area (Å²) in [6, 6.07) is 8.29. The third-order valence-corrected chi connectivity index (χ3v) is 2.19. The van der Waals surface area contributed by atoms with Crippen LogP contribution in [0.5, 0.6) is 0 Å². The molecule has 0 aromatic heterocycles. The van der Waals surface area contributed by atoms with Crippen LogP contribution in [0.25, 0.3) is 0 Å². The second kappa shape index (κ2) is 3.61. The van der Waals surface area contributed by atoms with Gasteiger partial charge in [-0.2, -0.15) is 5.48 Å². The van der Waals surface area contributed by atoms with Crippen molar-refractivity contribution < 1.29 is 4.84 Å². The zero-order valence-corrected chi connectivity index (χ0v) is 7.29. The van der Waals surface area contributed by atoms with E-state index in [0.717, 1.165) is 18.6 Å². The highest BCUT2D eigenvalue weighted by Gasteiger charge is 2.16. The number of nitrogens with one attached hydrogen (secondary N) is 1. The summed E-state index contributed by atoms with van der Waals surface area (Å²) < 4.78 is 0. The number of terminal acetylenes is 1. The molecule has 2 nitrogen and oxygen atoms in total. The molecule has 1 aromatic carbocycles. The zero-order chi connectivity index (χ0) is 9.10. The van der Waals surface area contributed by atoms with Crippen molar-refractivity contribution in [3.05, 3.63) is 35.4 Å². The number of hydrogen-bond acceptors (Lipinski definition) is 2. The molecule has 0 spiro atoms.